The van der Waals surface area contributed by atoms with Crippen LogP contribution in [0.15, 0.2) is 12.3 Å². The molecule has 0 saturated carbocycles. The maximum absolute atomic E-state index is 4.46. The van der Waals surface area contributed by atoms with Crippen molar-refractivity contribution in [2.75, 3.05) is 24.5 Å². The lowest BCUT2D eigenvalue weighted by Gasteiger charge is -2.35. The molecule has 1 aromatic heterocycles. The third-order valence-electron chi connectivity index (χ3n) is 4.10. The van der Waals surface area contributed by atoms with Gasteiger partial charge in [-0.25, -0.2) is 0 Å². The Bertz CT molecular complexity index is 403. The highest BCUT2D eigenvalue weighted by molar-refractivity contribution is 5.54. The van der Waals surface area contributed by atoms with Crippen molar-refractivity contribution in [3.63, 3.8) is 0 Å². The van der Waals surface area contributed by atoms with E-state index in [1.807, 2.05) is 6.20 Å². The van der Waals surface area contributed by atoms with E-state index in [4.69, 9.17) is 0 Å². The fourth-order valence-corrected chi connectivity index (χ4v) is 2.88. The van der Waals surface area contributed by atoms with E-state index in [9.17, 15) is 0 Å². The molecule has 1 unspecified atom stereocenters. The smallest absolute Gasteiger partial charge is 0.0445 e. The van der Waals surface area contributed by atoms with Crippen LogP contribution in [0.2, 0.25) is 0 Å². The molecule has 0 aromatic carbocycles. The first-order chi connectivity index (χ1) is 9.24. The van der Waals surface area contributed by atoms with E-state index in [1.165, 1.54) is 43.6 Å². The number of pyridine rings is 1. The Morgan fingerprint density at radius 1 is 1.42 bits per heavy atom. The molecule has 1 N–H and O–H groups in total. The average molecular weight is 261 g/mol. The van der Waals surface area contributed by atoms with Crippen LogP contribution in [0.1, 0.15) is 44.4 Å². The molecule has 1 atom stereocenters. The Morgan fingerprint density at radius 2 is 2.26 bits per heavy atom. The minimum absolute atomic E-state index is 0.856. The Labute approximate surface area is 117 Å². The maximum Gasteiger partial charge on any atom is 0.0445 e. The predicted octanol–water partition coefficient (Wildman–Crippen LogP) is 3.13. The summed E-state index contributed by atoms with van der Waals surface area (Å²) >= 11 is 0. The van der Waals surface area contributed by atoms with Crippen LogP contribution in [0.3, 0.4) is 0 Å². The summed E-state index contributed by atoms with van der Waals surface area (Å²) in [6, 6.07) is 2.25. The van der Waals surface area contributed by atoms with Crippen LogP contribution in [0.4, 0.5) is 5.69 Å². The summed E-state index contributed by atoms with van der Waals surface area (Å²) in [7, 11) is 0. The lowest BCUT2D eigenvalue weighted by Crippen LogP contribution is -2.36. The van der Waals surface area contributed by atoms with Gasteiger partial charge >= 0.3 is 0 Å². The van der Waals surface area contributed by atoms with Crippen molar-refractivity contribution in [3.05, 3.63) is 23.5 Å². The molecule has 2 heterocycles. The van der Waals surface area contributed by atoms with Crippen LogP contribution in [0.5, 0.6) is 0 Å². The molecule has 1 fully saturated rings. The highest BCUT2D eigenvalue weighted by atomic mass is 15.1. The van der Waals surface area contributed by atoms with E-state index >= 15 is 0 Å². The summed E-state index contributed by atoms with van der Waals surface area (Å²) in [6.07, 6.45) is 6.05. The molecule has 3 nitrogen and oxygen atoms in total. The molecule has 0 spiro atoms. The highest BCUT2D eigenvalue weighted by Gasteiger charge is 2.20. The summed E-state index contributed by atoms with van der Waals surface area (Å²) in [5, 5.41) is 3.42. The number of anilines is 1. The van der Waals surface area contributed by atoms with Crippen LogP contribution < -0.4 is 10.2 Å². The van der Waals surface area contributed by atoms with E-state index < -0.39 is 0 Å². The number of nitrogens with zero attached hydrogens (tertiary/aromatic N) is 2. The van der Waals surface area contributed by atoms with E-state index in [1.54, 1.807) is 0 Å². The van der Waals surface area contributed by atoms with Crippen molar-refractivity contribution < 1.29 is 0 Å². The largest absolute Gasteiger partial charge is 0.371 e. The molecule has 3 heteroatoms. The number of hydrogen-bond acceptors (Lipinski definition) is 3. The Hall–Kier alpha value is -1.09. The third-order valence-corrected chi connectivity index (χ3v) is 4.10. The topological polar surface area (TPSA) is 28.2 Å². The molecule has 0 amide bonds. The van der Waals surface area contributed by atoms with Crippen molar-refractivity contribution in [2.45, 2.75) is 46.6 Å². The molecule has 1 aliphatic heterocycles. The van der Waals surface area contributed by atoms with Gasteiger partial charge in [-0.2, -0.15) is 0 Å². The second-order valence-electron chi connectivity index (χ2n) is 5.60. The molecular weight excluding hydrogens is 234 g/mol. The predicted molar refractivity (Wildman–Crippen MR) is 81.6 cm³/mol. The lowest BCUT2D eigenvalue weighted by atomic mass is 9.95. The second-order valence-corrected chi connectivity index (χ2v) is 5.60. The summed E-state index contributed by atoms with van der Waals surface area (Å²) < 4.78 is 0. The molecule has 1 saturated heterocycles. The Balaban J connectivity index is 2.18. The van der Waals surface area contributed by atoms with E-state index in [0.29, 0.717) is 0 Å². The quantitative estimate of drug-likeness (QED) is 0.882. The first kappa shape index (κ1) is 14.3. The zero-order valence-electron chi connectivity index (χ0n) is 12.6. The Morgan fingerprint density at radius 3 is 3.00 bits per heavy atom. The van der Waals surface area contributed by atoms with Gasteiger partial charge in [0.25, 0.3) is 0 Å². The summed E-state index contributed by atoms with van der Waals surface area (Å²) in [5.74, 6) is 0.856. The van der Waals surface area contributed by atoms with Crippen molar-refractivity contribution in [1.29, 1.82) is 0 Å². The van der Waals surface area contributed by atoms with Gasteiger partial charge in [0, 0.05) is 42.8 Å². The number of nitrogens with one attached hydrogen (secondary N) is 1. The van der Waals surface area contributed by atoms with Gasteiger partial charge in [0.1, 0.15) is 0 Å². The van der Waals surface area contributed by atoms with Crippen molar-refractivity contribution >= 4 is 5.69 Å². The SMILES string of the molecule is CCNCc1cnc(C)cc1N1CCCC(CC)C1. The van der Waals surface area contributed by atoms with Crippen molar-refractivity contribution in [2.24, 2.45) is 5.92 Å². The molecule has 1 aromatic rings. The number of aryl methyl sites for hydroxylation is 1. The van der Waals surface area contributed by atoms with Gasteiger partial charge in [0.05, 0.1) is 0 Å². The van der Waals surface area contributed by atoms with E-state index in [2.05, 4.69) is 42.0 Å². The zero-order chi connectivity index (χ0) is 13.7. The average Bonchev–Trinajstić information content (AvgIpc) is 2.46. The first-order valence-corrected chi connectivity index (χ1v) is 7.65. The maximum atomic E-state index is 4.46. The Kier molecular flexibility index (Phi) is 5.20. The third kappa shape index (κ3) is 3.69. The summed E-state index contributed by atoms with van der Waals surface area (Å²) in [4.78, 5) is 7.03. The molecular formula is C16H27N3. The second kappa shape index (κ2) is 6.90. The summed E-state index contributed by atoms with van der Waals surface area (Å²) in [5.41, 5.74) is 3.85. The van der Waals surface area contributed by atoms with Crippen LogP contribution >= 0.6 is 0 Å². The van der Waals surface area contributed by atoms with Crippen LogP contribution in [0.25, 0.3) is 0 Å². The van der Waals surface area contributed by atoms with Gasteiger partial charge in [0.2, 0.25) is 0 Å². The van der Waals surface area contributed by atoms with Gasteiger partial charge in [-0.15, -0.1) is 0 Å². The number of piperidine rings is 1. The molecule has 0 bridgehead atoms. The number of rotatable bonds is 5. The molecule has 0 radical (unpaired) electrons. The molecule has 2 rings (SSSR count). The van der Waals surface area contributed by atoms with E-state index in [-0.39, 0.29) is 0 Å². The molecule has 1 aliphatic rings. The lowest BCUT2D eigenvalue weighted by molar-refractivity contribution is 0.404. The highest BCUT2D eigenvalue weighted by Crippen LogP contribution is 2.27. The number of hydrogen-bond donors (Lipinski definition) is 1. The minimum atomic E-state index is 0.856. The zero-order valence-corrected chi connectivity index (χ0v) is 12.6. The van der Waals surface area contributed by atoms with Crippen LogP contribution in [-0.2, 0) is 6.54 Å². The normalized spacial score (nSPS) is 19.7. The van der Waals surface area contributed by atoms with Gasteiger partial charge in [-0.1, -0.05) is 20.3 Å². The molecule has 19 heavy (non-hydrogen) atoms. The van der Waals surface area contributed by atoms with Gasteiger partial charge in [-0.3, -0.25) is 4.98 Å². The van der Waals surface area contributed by atoms with Crippen LogP contribution in [-0.4, -0.2) is 24.6 Å². The summed E-state index contributed by atoms with van der Waals surface area (Å²) in [6.45, 7) is 10.9. The molecule has 0 aliphatic carbocycles. The van der Waals surface area contributed by atoms with Gasteiger partial charge < -0.3 is 10.2 Å². The fourth-order valence-electron chi connectivity index (χ4n) is 2.88. The van der Waals surface area contributed by atoms with Crippen LogP contribution in [0, 0.1) is 12.8 Å². The van der Waals surface area contributed by atoms with Crippen molar-refractivity contribution in [1.82, 2.24) is 10.3 Å². The first-order valence-electron chi connectivity index (χ1n) is 7.65. The van der Waals surface area contributed by atoms with Crippen molar-refractivity contribution in [3.8, 4) is 0 Å². The molecule has 106 valence electrons. The van der Waals surface area contributed by atoms with Gasteiger partial charge in [-0.05, 0) is 38.3 Å². The standard InChI is InChI=1S/C16H27N3/c1-4-14-7-6-8-19(12-14)16-9-13(3)18-11-15(16)10-17-5-2/h9,11,14,17H,4-8,10,12H2,1-3H3. The number of aromatic nitrogens is 1. The van der Waals surface area contributed by atoms with E-state index in [0.717, 1.165) is 24.7 Å². The minimum Gasteiger partial charge on any atom is -0.371 e. The fraction of sp³-hybridized carbons (Fsp3) is 0.688. The van der Waals surface area contributed by atoms with Gasteiger partial charge in [0.15, 0.2) is 0 Å². The monoisotopic (exact) mass is 261 g/mol.